The summed E-state index contributed by atoms with van der Waals surface area (Å²) in [5.74, 6) is -0.151. The lowest BCUT2D eigenvalue weighted by Gasteiger charge is -2.33. The smallest absolute Gasteiger partial charge is 0.319 e. The quantitative estimate of drug-likeness (QED) is 0.762. The number of rotatable bonds is 5. The molecule has 4 nitrogen and oxygen atoms in total. The minimum atomic E-state index is -0.151. The fraction of sp³-hybridized carbons (Fsp3) is 0.438. The normalized spacial score (nSPS) is 17.4. The van der Waals surface area contributed by atoms with Crippen LogP contribution in [0.25, 0.3) is 6.08 Å². The van der Waals surface area contributed by atoms with E-state index in [1.807, 2.05) is 18.2 Å². The van der Waals surface area contributed by atoms with Crippen LogP contribution >= 0.6 is 0 Å². The molecule has 0 bridgehead atoms. The average molecular weight is 274 g/mol. The molecule has 0 unspecified atom stereocenters. The Hall–Kier alpha value is -1.65. The van der Waals surface area contributed by atoms with Crippen LogP contribution in [0, 0.1) is 0 Å². The number of benzene rings is 1. The van der Waals surface area contributed by atoms with Crippen LogP contribution in [0.5, 0.6) is 0 Å². The van der Waals surface area contributed by atoms with E-state index in [4.69, 9.17) is 0 Å². The Bertz CT molecular complexity index is 437. The van der Waals surface area contributed by atoms with E-state index in [9.17, 15) is 4.79 Å². The standard InChI is InChI=1S/C16H22N2O2/c1-20-16(19)14-18-12-10-17(11-13-18)9-5-8-15-6-3-2-4-7-15/h2-8H,9-14H2,1H3/b8-5+. The molecular weight excluding hydrogens is 252 g/mol. The van der Waals surface area contributed by atoms with Crippen LogP contribution in [-0.2, 0) is 9.53 Å². The molecule has 1 fully saturated rings. The molecule has 0 atom stereocenters. The first-order chi connectivity index (χ1) is 9.78. The number of carbonyl (C=O) groups is 1. The highest BCUT2D eigenvalue weighted by molar-refractivity contribution is 5.71. The van der Waals surface area contributed by atoms with E-state index in [1.165, 1.54) is 12.7 Å². The summed E-state index contributed by atoms with van der Waals surface area (Å²) in [6.45, 7) is 5.21. The number of piperazine rings is 1. The van der Waals surface area contributed by atoms with Gasteiger partial charge in [-0.25, -0.2) is 0 Å². The van der Waals surface area contributed by atoms with Crippen molar-refractivity contribution in [3.8, 4) is 0 Å². The van der Waals surface area contributed by atoms with Gasteiger partial charge in [0, 0.05) is 32.7 Å². The van der Waals surface area contributed by atoms with Gasteiger partial charge >= 0.3 is 5.97 Å². The number of methoxy groups -OCH3 is 1. The maximum absolute atomic E-state index is 11.2. The minimum Gasteiger partial charge on any atom is -0.468 e. The van der Waals surface area contributed by atoms with Gasteiger partial charge in [-0.3, -0.25) is 14.6 Å². The molecule has 1 aliphatic heterocycles. The molecule has 4 heteroatoms. The molecule has 1 aromatic carbocycles. The Labute approximate surface area is 120 Å². The number of hydrogen-bond donors (Lipinski definition) is 0. The van der Waals surface area contributed by atoms with Crippen molar-refractivity contribution in [1.29, 1.82) is 0 Å². The summed E-state index contributed by atoms with van der Waals surface area (Å²) in [6.07, 6.45) is 4.35. The zero-order chi connectivity index (χ0) is 14.2. The van der Waals surface area contributed by atoms with E-state index >= 15 is 0 Å². The summed E-state index contributed by atoms with van der Waals surface area (Å²) >= 11 is 0. The Morgan fingerprint density at radius 2 is 1.80 bits per heavy atom. The van der Waals surface area contributed by atoms with E-state index in [-0.39, 0.29) is 5.97 Å². The largest absolute Gasteiger partial charge is 0.468 e. The Balaban J connectivity index is 1.69. The monoisotopic (exact) mass is 274 g/mol. The van der Waals surface area contributed by atoms with Crippen molar-refractivity contribution in [2.24, 2.45) is 0 Å². The number of carbonyl (C=O) groups excluding carboxylic acids is 1. The number of esters is 1. The number of nitrogens with zero attached hydrogens (tertiary/aromatic N) is 2. The summed E-state index contributed by atoms with van der Waals surface area (Å²) in [4.78, 5) is 15.7. The van der Waals surface area contributed by atoms with E-state index in [1.54, 1.807) is 0 Å². The average Bonchev–Trinajstić information content (AvgIpc) is 2.50. The molecule has 108 valence electrons. The molecule has 1 aromatic rings. The van der Waals surface area contributed by atoms with Crippen LogP contribution in [0.2, 0.25) is 0 Å². The second kappa shape index (κ2) is 7.82. The van der Waals surface area contributed by atoms with Gasteiger partial charge in [0.25, 0.3) is 0 Å². The second-order valence-electron chi connectivity index (χ2n) is 4.97. The molecule has 0 amide bonds. The third kappa shape index (κ3) is 4.79. The van der Waals surface area contributed by atoms with Gasteiger partial charge in [-0.05, 0) is 5.56 Å². The molecule has 1 heterocycles. The topological polar surface area (TPSA) is 32.8 Å². The second-order valence-corrected chi connectivity index (χ2v) is 4.97. The minimum absolute atomic E-state index is 0.151. The highest BCUT2D eigenvalue weighted by atomic mass is 16.5. The number of ether oxygens (including phenoxy) is 1. The maximum atomic E-state index is 11.2. The third-order valence-corrected chi connectivity index (χ3v) is 3.52. The zero-order valence-corrected chi connectivity index (χ0v) is 12.0. The lowest BCUT2D eigenvalue weighted by Crippen LogP contribution is -2.47. The molecule has 0 aromatic heterocycles. The number of hydrogen-bond acceptors (Lipinski definition) is 4. The fourth-order valence-corrected chi connectivity index (χ4v) is 2.28. The summed E-state index contributed by atoms with van der Waals surface area (Å²) in [6, 6.07) is 10.3. The van der Waals surface area contributed by atoms with Crippen molar-refractivity contribution < 1.29 is 9.53 Å². The fourth-order valence-electron chi connectivity index (χ4n) is 2.28. The summed E-state index contributed by atoms with van der Waals surface area (Å²) in [5, 5.41) is 0. The molecule has 0 saturated carbocycles. The molecular formula is C16H22N2O2. The molecule has 0 spiro atoms. The van der Waals surface area contributed by atoms with Gasteiger partial charge in [-0.1, -0.05) is 42.5 Å². The molecule has 2 rings (SSSR count). The Morgan fingerprint density at radius 3 is 2.45 bits per heavy atom. The van der Waals surface area contributed by atoms with E-state index in [0.29, 0.717) is 6.54 Å². The SMILES string of the molecule is COC(=O)CN1CCN(C/C=C/c2ccccc2)CC1. The Kier molecular flexibility index (Phi) is 5.77. The maximum Gasteiger partial charge on any atom is 0.319 e. The van der Waals surface area contributed by atoms with Gasteiger partial charge in [0.2, 0.25) is 0 Å². The van der Waals surface area contributed by atoms with Crippen molar-refractivity contribution in [1.82, 2.24) is 9.80 Å². The summed E-state index contributed by atoms with van der Waals surface area (Å²) < 4.78 is 4.69. The Morgan fingerprint density at radius 1 is 1.15 bits per heavy atom. The van der Waals surface area contributed by atoms with Gasteiger partial charge in [0.15, 0.2) is 0 Å². The van der Waals surface area contributed by atoms with Crippen molar-refractivity contribution in [2.75, 3.05) is 46.4 Å². The van der Waals surface area contributed by atoms with Gasteiger partial charge < -0.3 is 4.74 Å². The van der Waals surface area contributed by atoms with Crippen LogP contribution in [0.15, 0.2) is 36.4 Å². The molecule has 0 aliphatic carbocycles. The van der Waals surface area contributed by atoms with Gasteiger partial charge in [0.05, 0.1) is 13.7 Å². The molecule has 0 N–H and O–H groups in total. The predicted molar refractivity (Wildman–Crippen MR) is 80.4 cm³/mol. The van der Waals surface area contributed by atoms with Crippen LogP contribution in [-0.4, -0.2) is 62.1 Å². The van der Waals surface area contributed by atoms with Crippen LogP contribution in [0.3, 0.4) is 0 Å². The highest BCUT2D eigenvalue weighted by Crippen LogP contribution is 2.04. The van der Waals surface area contributed by atoms with Gasteiger partial charge in [-0.15, -0.1) is 0 Å². The van der Waals surface area contributed by atoms with Crippen molar-refractivity contribution in [3.05, 3.63) is 42.0 Å². The molecule has 0 radical (unpaired) electrons. The van der Waals surface area contributed by atoms with Gasteiger partial charge in [-0.2, -0.15) is 0 Å². The molecule has 20 heavy (non-hydrogen) atoms. The van der Waals surface area contributed by atoms with E-state index in [2.05, 4.69) is 38.8 Å². The summed E-state index contributed by atoms with van der Waals surface area (Å²) in [5.41, 5.74) is 1.23. The van der Waals surface area contributed by atoms with Crippen LogP contribution in [0.4, 0.5) is 0 Å². The summed E-state index contributed by atoms with van der Waals surface area (Å²) in [7, 11) is 1.44. The first-order valence-electron chi connectivity index (χ1n) is 7.01. The highest BCUT2D eigenvalue weighted by Gasteiger charge is 2.17. The first kappa shape index (κ1) is 14.8. The third-order valence-electron chi connectivity index (χ3n) is 3.52. The molecule has 1 aliphatic rings. The molecule has 1 saturated heterocycles. The van der Waals surface area contributed by atoms with Crippen LogP contribution < -0.4 is 0 Å². The van der Waals surface area contributed by atoms with Crippen molar-refractivity contribution in [2.45, 2.75) is 0 Å². The lowest BCUT2D eigenvalue weighted by atomic mass is 10.2. The van der Waals surface area contributed by atoms with E-state index in [0.717, 1.165) is 32.7 Å². The van der Waals surface area contributed by atoms with Crippen molar-refractivity contribution in [3.63, 3.8) is 0 Å². The first-order valence-corrected chi connectivity index (χ1v) is 7.01. The predicted octanol–water partition coefficient (Wildman–Crippen LogP) is 1.49. The van der Waals surface area contributed by atoms with Gasteiger partial charge in [0.1, 0.15) is 0 Å². The zero-order valence-electron chi connectivity index (χ0n) is 12.0. The van der Waals surface area contributed by atoms with E-state index < -0.39 is 0 Å². The van der Waals surface area contributed by atoms with Crippen LogP contribution in [0.1, 0.15) is 5.56 Å². The van der Waals surface area contributed by atoms with Crippen molar-refractivity contribution >= 4 is 12.0 Å². The lowest BCUT2D eigenvalue weighted by molar-refractivity contribution is -0.142.